The Labute approximate surface area is 113 Å². The molecule has 104 valence electrons. The lowest BCUT2D eigenvalue weighted by Crippen LogP contribution is -2.39. The van der Waals surface area contributed by atoms with Gasteiger partial charge in [0, 0.05) is 11.4 Å². The molecule has 1 atom stereocenters. The molecule has 0 spiro atoms. The largest absolute Gasteiger partial charge is 0.398 e. The molecule has 0 aromatic heterocycles. The van der Waals surface area contributed by atoms with Gasteiger partial charge in [0.05, 0.1) is 5.75 Å². The smallest absolute Gasteiger partial charge is 0.242 e. The number of benzene rings is 1. The Bertz CT molecular complexity index is 596. The highest BCUT2D eigenvalue weighted by Crippen LogP contribution is 2.24. The lowest BCUT2D eigenvalue weighted by molar-refractivity contribution is -0.116. The van der Waals surface area contributed by atoms with Crippen LogP contribution >= 0.6 is 0 Å². The maximum atomic E-state index is 12.1. The van der Waals surface area contributed by atoms with E-state index in [0.29, 0.717) is 24.2 Å². The summed E-state index contributed by atoms with van der Waals surface area (Å²) in [6.45, 7) is 1.79. The fourth-order valence-corrected chi connectivity index (χ4v) is 4.05. The number of sulfone groups is 1. The molecule has 5 nitrogen and oxygen atoms in total. The third-order valence-corrected chi connectivity index (χ3v) is 5.68. The minimum absolute atomic E-state index is 0.0982. The van der Waals surface area contributed by atoms with Crippen LogP contribution in [0.15, 0.2) is 18.2 Å². The number of anilines is 2. The molecule has 1 unspecified atom stereocenters. The van der Waals surface area contributed by atoms with Crippen LogP contribution in [-0.2, 0) is 14.6 Å². The average molecular weight is 282 g/mol. The molecule has 1 aliphatic rings. The molecule has 3 N–H and O–H groups in total. The van der Waals surface area contributed by atoms with Gasteiger partial charge in [-0.05, 0) is 37.5 Å². The maximum Gasteiger partial charge on any atom is 0.242 e. The van der Waals surface area contributed by atoms with Gasteiger partial charge in [-0.1, -0.05) is 12.5 Å². The van der Waals surface area contributed by atoms with Gasteiger partial charge in [-0.25, -0.2) is 8.42 Å². The van der Waals surface area contributed by atoms with Gasteiger partial charge in [-0.15, -0.1) is 0 Å². The second-order valence-electron chi connectivity index (χ2n) is 4.86. The molecule has 6 heteroatoms. The summed E-state index contributed by atoms with van der Waals surface area (Å²) < 4.78 is 23.8. The van der Waals surface area contributed by atoms with Crippen molar-refractivity contribution in [2.24, 2.45) is 0 Å². The van der Waals surface area contributed by atoms with Crippen molar-refractivity contribution in [1.29, 1.82) is 0 Å². The topological polar surface area (TPSA) is 89.3 Å². The van der Waals surface area contributed by atoms with Gasteiger partial charge < -0.3 is 11.1 Å². The van der Waals surface area contributed by atoms with Gasteiger partial charge in [0.2, 0.25) is 5.91 Å². The van der Waals surface area contributed by atoms with Crippen LogP contribution in [0.2, 0.25) is 0 Å². The molecule has 1 aromatic rings. The molecule has 1 fully saturated rings. The molecular formula is C13H18N2O3S. The third-order valence-electron chi connectivity index (χ3n) is 3.50. The number of hydrogen-bond donors (Lipinski definition) is 2. The van der Waals surface area contributed by atoms with E-state index in [1.54, 1.807) is 25.1 Å². The van der Waals surface area contributed by atoms with Crippen LogP contribution in [-0.4, -0.2) is 25.3 Å². The Morgan fingerprint density at radius 3 is 2.79 bits per heavy atom. The Hall–Kier alpha value is -1.56. The third kappa shape index (κ3) is 2.89. The number of nitrogen functional groups attached to an aromatic ring is 1. The van der Waals surface area contributed by atoms with Crippen molar-refractivity contribution >= 4 is 27.1 Å². The highest BCUT2D eigenvalue weighted by Gasteiger charge is 2.34. The summed E-state index contributed by atoms with van der Waals surface area (Å²) in [5.41, 5.74) is 7.66. The van der Waals surface area contributed by atoms with E-state index in [9.17, 15) is 13.2 Å². The van der Waals surface area contributed by atoms with Crippen LogP contribution in [0.4, 0.5) is 11.4 Å². The van der Waals surface area contributed by atoms with E-state index < -0.39 is 21.0 Å². The zero-order valence-corrected chi connectivity index (χ0v) is 11.7. The summed E-state index contributed by atoms with van der Waals surface area (Å²) in [6, 6.07) is 5.19. The predicted molar refractivity (Wildman–Crippen MR) is 75.6 cm³/mol. The summed E-state index contributed by atoms with van der Waals surface area (Å²) in [5.74, 6) is -0.352. The van der Waals surface area contributed by atoms with Gasteiger partial charge in [-0.3, -0.25) is 4.79 Å². The number of carbonyl (C=O) groups is 1. The Kier molecular flexibility index (Phi) is 3.80. The molecule has 0 radical (unpaired) electrons. The van der Waals surface area contributed by atoms with Crippen molar-refractivity contribution in [3.05, 3.63) is 23.8 Å². The van der Waals surface area contributed by atoms with Crippen LogP contribution in [0.3, 0.4) is 0 Å². The molecule has 1 amide bonds. The normalized spacial score (nSPS) is 21.8. The Balaban J connectivity index is 2.19. The van der Waals surface area contributed by atoms with Crippen molar-refractivity contribution in [3.63, 3.8) is 0 Å². The van der Waals surface area contributed by atoms with Gasteiger partial charge in [0.1, 0.15) is 5.25 Å². The second kappa shape index (κ2) is 5.21. The molecular weight excluding hydrogens is 264 g/mol. The zero-order chi connectivity index (χ0) is 14.0. The highest BCUT2D eigenvalue weighted by atomic mass is 32.2. The molecule has 1 heterocycles. The molecule has 0 aliphatic carbocycles. The van der Waals surface area contributed by atoms with E-state index in [0.717, 1.165) is 12.0 Å². The van der Waals surface area contributed by atoms with Crippen LogP contribution in [0.25, 0.3) is 0 Å². The first-order chi connectivity index (χ1) is 8.92. The molecule has 0 bridgehead atoms. The van der Waals surface area contributed by atoms with E-state index in [2.05, 4.69) is 5.32 Å². The second-order valence-corrected chi connectivity index (χ2v) is 7.16. The quantitative estimate of drug-likeness (QED) is 0.804. The van der Waals surface area contributed by atoms with Gasteiger partial charge in [0.15, 0.2) is 9.84 Å². The molecule has 2 rings (SSSR count). The maximum absolute atomic E-state index is 12.1. The fourth-order valence-electron chi connectivity index (χ4n) is 2.25. The van der Waals surface area contributed by atoms with Gasteiger partial charge in [-0.2, -0.15) is 0 Å². The molecule has 0 saturated carbocycles. The first kappa shape index (κ1) is 13.9. The summed E-state index contributed by atoms with van der Waals surface area (Å²) >= 11 is 0. The van der Waals surface area contributed by atoms with E-state index in [-0.39, 0.29) is 5.75 Å². The van der Waals surface area contributed by atoms with Crippen molar-refractivity contribution < 1.29 is 13.2 Å². The number of amides is 1. The van der Waals surface area contributed by atoms with Crippen LogP contribution in [0.1, 0.15) is 24.8 Å². The number of nitrogens with one attached hydrogen (secondary N) is 1. The molecule has 1 aliphatic heterocycles. The summed E-state index contributed by atoms with van der Waals surface area (Å²) in [4.78, 5) is 12.1. The van der Waals surface area contributed by atoms with Crippen LogP contribution in [0.5, 0.6) is 0 Å². The van der Waals surface area contributed by atoms with E-state index in [4.69, 9.17) is 5.73 Å². The van der Waals surface area contributed by atoms with Crippen LogP contribution < -0.4 is 11.1 Å². The SMILES string of the molecule is Cc1c(N)cccc1NC(=O)C1CCCCS1(=O)=O. The first-order valence-electron chi connectivity index (χ1n) is 6.29. The van der Waals surface area contributed by atoms with E-state index >= 15 is 0 Å². The number of nitrogens with two attached hydrogens (primary N) is 1. The molecule has 1 aromatic carbocycles. The van der Waals surface area contributed by atoms with Crippen molar-refractivity contribution in [1.82, 2.24) is 0 Å². The lowest BCUT2D eigenvalue weighted by Gasteiger charge is -2.22. The minimum Gasteiger partial charge on any atom is -0.398 e. The Morgan fingerprint density at radius 1 is 1.37 bits per heavy atom. The van der Waals surface area contributed by atoms with Crippen molar-refractivity contribution in [3.8, 4) is 0 Å². The standard InChI is InChI=1S/C13H18N2O3S/c1-9-10(14)5-4-6-11(9)15-13(16)12-7-2-3-8-19(12,17)18/h4-6,12H,2-3,7-8,14H2,1H3,(H,15,16). The summed E-state index contributed by atoms with van der Waals surface area (Å²) in [6.07, 6.45) is 1.81. The van der Waals surface area contributed by atoms with Crippen LogP contribution in [0, 0.1) is 6.92 Å². The zero-order valence-electron chi connectivity index (χ0n) is 10.8. The van der Waals surface area contributed by atoms with Crippen molar-refractivity contribution in [2.75, 3.05) is 16.8 Å². The number of rotatable bonds is 2. The molecule has 19 heavy (non-hydrogen) atoms. The van der Waals surface area contributed by atoms with E-state index in [1.165, 1.54) is 0 Å². The predicted octanol–water partition coefficient (Wildman–Crippen LogP) is 1.48. The average Bonchev–Trinajstić information content (AvgIpc) is 2.34. The first-order valence-corrected chi connectivity index (χ1v) is 8.01. The van der Waals surface area contributed by atoms with Crippen molar-refractivity contribution in [2.45, 2.75) is 31.4 Å². The summed E-state index contributed by atoms with van der Waals surface area (Å²) in [5, 5.41) is 1.75. The minimum atomic E-state index is -3.31. The van der Waals surface area contributed by atoms with Gasteiger partial charge in [0.25, 0.3) is 0 Å². The number of carbonyl (C=O) groups excluding carboxylic acids is 1. The van der Waals surface area contributed by atoms with Gasteiger partial charge >= 0.3 is 0 Å². The fraction of sp³-hybridized carbons (Fsp3) is 0.462. The number of hydrogen-bond acceptors (Lipinski definition) is 4. The monoisotopic (exact) mass is 282 g/mol. The summed E-state index contributed by atoms with van der Waals surface area (Å²) in [7, 11) is -3.31. The molecule has 1 saturated heterocycles. The van der Waals surface area contributed by atoms with E-state index in [1.807, 2.05) is 0 Å². The highest BCUT2D eigenvalue weighted by molar-refractivity contribution is 7.92. The Morgan fingerprint density at radius 2 is 2.11 bits per heavy atom. The lowest BCUT2D eigenvalue weighted by atomic mass is 10.1.